The number of carbonyl (C=O) groups excluding carboxylic acids is 2. The number of ether oxygens (including phenoxy) is 1. The standard InChI is InChI=1S/C19H20Cl2N2O3/c1-3-23(14-8-5-7-13(11-14)19(25)26-4-2)12-17(24)22-18-15(20)9-6-10-16(18)21/h5-11H,3-4,12H2,1-2H3,(H,22,24). The first-order valence-corrected chi connectivity index (χ1v) is 8.97. The first kappa shape index (κ1) is 20.1. The number of hydrogen-bond donors (Lipinski definition) is 1. The molecule has 0 aliphatic heterocycles. The first-order valence-electron chi connectivity index (χ1n) is 8.22. The van der Waals surface area contributed by atoms with Crippen molar-refractivity contribution in [1.82, 2.24) is 0 Å². The average Bonchev–Trinajstić information content (AvgIpc) is 2.63. The molecule has 0 aromatic heterocycles. The van der Waals surface area contributed by atoms with Gasteiger partial charge in [-0.1, -0.05) is 35.3 Å². The summed E-state index contributed by atoms with van der Waals surface area (Å²) in [5, 5.41) is 3.48. The Morgan fingerprint density at radius 1 is 1.08 bits per heavy atom. The Kier molecular flexibility index (Phi) is 7.30. The molecule has 0 heterocycles. The molecular formula is C19H20Cl2N2O3. The lowest BCUT2D eigenvalue weighted by molar-refractivity contribution is -0.115. The predicted octanol–water partition coefficient (Wildman–Crippen LogP) is 4.64. The minimum Gasteiger partial charge on any atom is -0.462 e. The zero-order valence-corrected chi connectivity index (χ0v) is 16.1. The van der Waals surface area contributed by atoms with Crippen LogP contribution in [0.5, 0.6) is 0 Å². The second kappa shape index (κ2) is 9.46. The van der Waals surface area contributed by atoms with Crippen molar-refractivity contribution in [2.75, 3.05) is 29.9 Å². The van der Waals surface area contributed by atoms with Gasteiger partial charge in [-0.25, -0.2) is 4.79 Å². The maximum atomic E-state index is 12.4. The zero-order chi connectivity index (χ0) is 19.1. The van der Waals surface area contributed by atoms with Crippen LogP contribution in [0.2, 0.25) is 10.0 Å². The number of anilines is 2. The number of para-hydroxylation sites is 1. The number of nitrogens with one attached hydrogen (secondary N) is 1. The van der Waals surface area contributed by atoms with Crippen LogP contribution in [0.15, 0.2) is 42.5 Å². The molecule has 26 heavy (non-hydrogen) atoms. The van der Waals surface area contributed by atoms with E-state index in [9.17, 15) is 9.59 Å². The molecule has 5 nitrogen and oxygen atoms in total. The molecule has 1 N–H and O–H groups in total. The Bertz CT molecular complexity index is 776. The van der Waals surface area contributed by atoms with Gasteiger partial charge in [0.25, 0.3) is 0 Å². The van der Waals surface area contributed by atoms with E-state index in [1.807, 2.05) is 17.9 Å². The van der Waals surface area contributed by atoms with Gasteiger partial charge in [-0.15, -0.1) is 0 Å². The van der Waals surface area contributed by atoms with Crippen LogP contribution in [0.25, 0.3) is 0 Å². The normalized spacial score (nSPS) is 10.3. The number of rotatable bonds is 7. The fourth-order valence-electron chi connectivity index (χ4n) is 2.40. The predicted molar refractivity (Wildman–Crippen MR) is 105 cm³/mol. The molecule has 0 aliphatic carbocycles. The van der Waals surface area contributed by atoms with E-state index in [4.69, 9.17) is 27.9 Å². The Balaban J connectivity index is 2.13. The number of amides is 1. The molecule has 0 aliphatic rings. The van der Waals surface area contributed by atoms with Crippen LogP contribution < -0.4 is 10.2 Å². The maximum absolute atomic E-state index is 12.4. The Labute approximate surface area is 162 Å². The largest absolute Gasteiger partial charge is 0.462 e. The molecule has 2 aromatic carbocycles. The minimum atomic E-state index is -0.391. The van der Waals surface area contributed by atoms with Gasteiger partial charge in [0.2, 0.25) is 5.91 Å². The van der Waals surface area contributed by atoms with E-state index in [0.717, 1.165) is 5.69 Å². The van der Waals surface area contributed by atoms with Gasteiger partial charge in [-0.05, 0) is 44.2 Å². The third-order valence-electron chi connectivity index (χ3n) is 3.67. The lowest BCUT2D eigenvalue weighted by Crippen LogP contribution is -2.33. The number of benzene rings is 2. The minimum absolute atomic E-state index is 0.0876. The van der Waals surface area contributed by atoms with Crippen LogP contribution in [0, 0.1) is 0 Å². The summed E-state index contributed by atoms with van der Waals surface area (Å²) in [6, 6.07) is 12.0. The summed E-state index contributed by atoms with van der Waals surface area (Å²) in [5.41, 5.74) is 1.58. The molecule has 0 atom stereocenters. The third-order valence-corrected chi connectivity index (χ3v) is 4.30. The van der Waals surface area contributed by atoms with E-state index in [0.29, 0.717) is 34.4 Å². The van der Waals surface area contributed by atoms with Gasteiger partial charge in [-0.3, -0.25) is 4.79 Å². The van der Waals surface area contributed by atoms with E-state index < -0.39 is 5.97 Å². The lowest BCUT2D eigenvalue weighted by atomic mass is 10.2. The number of halogens is 2. The molecule has 0 unspecified atom stereocenters. The average molecular weight is 395 g/mol. The van der Waals surface area contributed by atoms with E-state index in [1.165, 1.54) is 0 Å². The number of esters is 1. The van der Waals surface area contributed by atoms with Crippen molar-refractivity contribution in [2.45, 2.75) is 13.8 Å². The van der Waals surface area contributed by atoms with Crippen molar-refractivity contribution in [1.29, 1.82) is 0 Å². The highest BCUT2D eigenvalue weighted by molar-refractivity contribution is 6.39. The molecule has 2 aromatic rings. The number of carbonyl (C=O) groups is 2. The molecule has 138 valence electrons. The summed E-state index contributed by atoms with van der Waals surface area (Å²) < 4.78 is 5.02. The Morgan fingerprint density at radius 2 is 1.73 bits per heavy atom. The zero-order valence-electron chi connectivity index (χ0n) is 14.6. The molecule has 0 fully saturated rings. The van der Waals surface area contributed by atoms with E-state index >= 15 is 0 Å². The fraction of sp³-hybridized carbons (Fsp3) is 0.263. The van der Waals surface area contributed by atoms with Crippen molar-refractivity contribution in [2.24, 2.45) is 0 Å². The monoisotopic (exact) mass is 394 g/mol. The molecule has 0 spiro atoms. The smallest absolute Gasteiger partial charge is 0.338 e. The summed E-state index contributed by atoms with van der Waals surface area (Å²) >= 11 is 12.2. The van der Waals surface area contributed by atoms with Crippen molar-refractivity contribution in [3.63, 3.8) is 0 Å². The quantitative estimate of drug-likeness (QED) is 0.695. The molecule has 7 heteroatoms. The molecule has 0 saturated carbocycles. The molecule has 0 radical (unpaired) electrons. The van der Waals surface area contributed by atoms with Crippen molar-refractivity contribution >= 4 is 46.5 Å². The van der Waals surface area contributed by atoms with E-state index in [2.05, 4.69) is 5.32 Å². The van der Waals surface area contributed by atoms with Crippen molar-refractivity contribution in [3.8, 4) is 0 Å². The van der Waals surface area contributed by atoms with E-state index in [1.54, 1.807) is 43.3 Å². The third kappa shape index (κ3) is 5.13. The van der Waals surface area contributed by atoms with Gasteiger partial charge in [0.15, 0.2) is 0 Å². The second-order valence-electron chi connectivity index (χ2n) is 5.43. The summed E-state index contributed by atoms with van der Waals surface area (Å²) in [7, 11) is 0. The van der Waals surface area contributed by atoms with Gasteiger partial charge < -0.3 is 15.0 Å². The van der Waals surface area contributed by atoms with E-state index in [-0.39, 0.29) is 12.5 Å². The van der Waals surface area contributed by atoms with Crippen LogP contribution in [0.1, 0.15) is 24.2 Å². The SMILES string of the molecule is CCOC(=O)c1cccc(N(CC)CC(=O)Nc2c(Cl)cccc2Cl)c1. The van der Waals surface area contributed by atoms with Crippen LogP contribution >= 0.6 is 23.2 Å². The van der Waals surface area contributed by atoms with Gasteiger partial charge in [0.05, 0.1) is 34.4 Å². The molecule has 2 rings (SSSR count). The van der Waals surface area contributed by atoms with Crippen molar-refractivity contribution in [3.05, 3.63) is 58.1 Å². The molecular weight excluding hydrogens is 375 g/mol. The summed E-state index contributed by atoms with van der Waals surface area (Å²) in [6.07, 6.45) is 0. The number of hydrogen-bond acceptors (Lipinski definition) is 4. The summed E-state index contributed by atoms with van der Waals surface area (Å²) in [5.74, 6) is -0.652. The van der Waals surface area contributed by atoms with Gasteiger partial charge >= 0.3 is 5.97 Å². The van der Waals surface area contributed by atoms with Gasteiger partial charge in [-0.2, -0.15) is 0 Å². The van der Waals surface area contributed by atoms with Crippen LogP contribution in [0.4, 0.5) is 11.4 Å². The number of nitrogens with zero attached hydrogens (tertiary/aromatic N) is 1. The summed E-state index contributed by atoms with van der Waals surface area (Å²) in [6.45, 7) is 4.65. The highest BCUT2D eigenvalue weighted by atomic mass is 35.5. The molecule has 0 saturated heterocycles. The number of likely N-dealkylation sites (N-methyl/N-ethyl adjacent to an activating group) is 1. The highest BCUT2D eigenvalue weighted by Crippen LogP contribution is 2.29. The van der Waals surface area contributed by atoms with Gasteiger partial charge in [0, 0.05) is 12.2 Å². The topological polar surface area (TPSA) is 58.6 Å². The van der Waals surface area contributed by atoms with Gasteiger partial charge in [0.1, 0.15) is 0 Å². The lowest BCUT2D eigenvalue weighted by Gasteiger charge is -2.23. The first-order chi connectivity index (χ1) is 12.5. The highest BCUT2D eigenvalue weighted by Gasteiger charge is 2.15. The molecule has 0 bridgehead atoms. The Morgan fingerprint density at radius 3 is 2.35 bits per heavy atom. The van der Waals surface area contributed by atoms with Crippen LogP contribution in [0.3, 0.4) is 0 Å². The van der Waals surface area contributed by atoms with Crippen LogP contribution in [-0.4, -0.2) is 31.6 Å². The summed E-state index contributed by atoms with van der Waals surface area (Å²) in [4.78, 5) is 26.2. The fourth-order valence-corrected chi connectivity index (χ4v) is 2.89. The Hall–Kier alpha value is -2.24. The molecule has 1 amide bonds. The second-order valence-corrected chi connectivity index (χ2v) is 6.24. The maximum Gasteiger partial charge on any atom is 0.338 e. The van der Waals surface area contributed by atoms with Crippen LogP contribution in [-0.2, 0) is 9.53 Å². The van der Waals surface area contributed by atoms with Crippen molar-refractivity contribution < 1.29 is 14.3 Å².